The van der Waals surface area contributed by atoms with Crippen LogP contribution in [-0.2, 0) is 4.79 Å². The molecule has 0 saturated carbocycles. The Bertz CT molecular complexity index is 324. The van der Waals surface area contributed by atoms with Crippen molar-refractivity contribution in [2.45, 2.75) is 19.9 Å². The summed E-state index contributed by atoms with van der Waals surface area (Å²) in [5, 5.41) is 5.56. The molecule has 6 nitrogen and oxygen atoms in total. The zero-order valence-corrected chi connectivity index (χ0v) is 8.82. The van der Waals surface area contributed by atoms with E-state index in [1.54, 1.807) is 6.92 Å². The normalized spacial score (nSPS) is 11.9. The Hall–Kier alpha value is -1.85. The summed E-state index contributed by atoms with van der Waals surface area (Å²) in [5.74, 6) is 0.306. The van der Waals surface area contributed by atoms with Gasteiger partial charge in [0.05, 0.1) is 18.1 Å². The highest BCUT2D eigenvalue weighted by molar-refractivity contribution is 5.83. The Kier molecular flexibility index (Phi) is 3.84. The highest BCUT2D eigenvalue weighted by Gasteiger charge is 2.11. The van der Waals surface area contributed by atoms with Crippen LogP contribution in [0.5, 0.6) is 0 Å². The summed E-state index contributed by atoms with van der Waals surface area (Å²) >= 11 is 0. The van der Waals surface area contributed by atoms with Crippen LogP contribution in [0.4, 0.5) is 11.6 Å². The first-order chi connectivity index (χ1) is 7.13. The van der Waals surface area contributed by atoms with Crippen molar-refractivity contribution < 1.29 is 4.79 Å². The first-order valence-electron chi connectivity index (χ1n) is 4.75. The second-order valence-electron chi connectivity index (χ2n) is 3.10. The number of nitrogen functional groups attached to an aromatic ring is 1. The molecule has 0 aromatic carbocycles. The molecule has 1 heterocycles. The minimum atomic E-state index is -0.367. The van der Waals surface area contributed by atoms with E-state index >= 15 is 0 Å². The van der Waals surface area contributed by atoms with Crippen LogP contribution in [0, 0.1) is 0 Å². The maximum atomic E-state index is 11.4. The van der Waals surface area contributed by atoms with Gasteiger partial charge in [0.15, 0.2) is 0 Å². The lowest BCUT2D eigenvalue weighted by Crippen LogP contribution is -2.37. The average Bonchev–Trinajstić information content (AvgIpc) is 2.22. The molecule has 1 atom stereocenters. The van der Waals surface area contributed by atoms with E-state index in [1.165, 1.54) is 12.4 Å². The molecule has 1 aromatic rings. The summed E-state index contributed by atoms with van der Waals surface area (Å²) in [5.41, 5.74) is 5.92. The summed E-state index contributed by atoms with van der Waals surface area (Å²) in [6, 6.07) is -0.367. The largest absolute Gasteiger partial charge is 0.396 e. The van der Waals surface area contributed by atoms with Crippen molar-refractivity contribution in [2.75, 3.05) is 17.6 Å². The summed E-state index contributed by atoms with van der Waals surface area (Å²) in [6.07, 6.45) is 2.97. The third-order valence-corrected chi connectivity index (χ3v) is 1.76. The van der Waals surface area contributed by atoms with Gasteiger partial charge in [0.1, 0.15) is 6.04 Å². The molecule has 1 amide bonds. The van der Waals surface area contributed by atoms with Crippen molar-refractivity contribution in [1.82, 2.24) is 15.3 Å². The van der Waals surface area contributed by atoms with Gasteiger partial charge < -0.3 is 16.4 Å². The SMILES string of the molecule is CCNC(=O)C(C)Nc1ncc(N)cn1. The van der Waals surface area contributed by atoms with Gasteiger partial charge in [-0.15, -0.1) is 0 Å². The maximum absolute atomic E-state index is 11.4. The van der Waals surface area contributed by atoms with Gasteiger partial charge in [-0.05, 0) is 13.8 Å². The van der Waals surface area contributed by atoms with Gasteiger partial charge in [0.2, 0.25) is 11.9 Å². The van der Waals surface area contributed by atoms with E-state index < -0.39 is 0 Å². The van der Waals surface area contributed by atoms with Crippen LogP contribution < -0.4 is 16.4 Å². The van der Waals surface area contributed by atoms with Crippen molar-refractivity contribution in [1.29, 1.82) is 0 Å². The fourth-order valence-corrected chi connectivity index (χ4v) is 0.999. The molecule has 6 heteroatoms. The monoisotopic (exact) mass is 209 g/mol. The smallest absolute Gasteiger partial charge is 0.242 e. The number of anilines is 2. The van der Waals surface area contributed by atoms with Crippen LogP contribution >= 0.6 is 0 Å². The van der Waals surface area contributed by atoms with Gasteiger partial charge >= 0.3 is 0 Å². The molecule has 1 unspecified atom stereocenters. The number of hydrogen-bond acceptors (Lipinski definition) is 5. The second-order valence-corrected chi connectivity index (χ2v) is 3.10. The van der Waals surface area contributed by atoms with Gasteiger partial charge in [-0.2, -0.15) is 0 Å². The first-order valence-corrected chi connectivity index (χ1v) is 4.75. The molecule has 0 aliphatic heterocycles. The Morgan fingerprint density at radius 3 is 2.67 bits per heavy atom. The van der Waals surface area contributed by atoms with Crippen molar-refractivity contribution in [2.24, 2.45) is 0 Å². The number of amides is 1. The molecule has 0 saturated heterocycles. The quantitative estimate of drug-likeness (QED) is 0.648. The zero-order valence-electron chi connectivity index (χ0n) is 8.82. The molecular formula is C9H15N5O. The molecule has 0 aliphatic rings. The lowest BCUT2D eigenvalue weighted by atomic mass is 10.3. The number of rotatable bonds is 4. The number of nitrogens with zero attached hydrogens (tertiary/aromatic N) is 2. The fourth-order valence-electron chi connectivity index (χ4n) is 0.999. The highest BCUT2D eigenvalue weighted by Crippen LogP contribution is 2.02. The molecule has 0 fully saturated rings. The summed E-state index contributed by atoms with van der Waals surface area (Å²) < 4.78 is 0. The Morgan fingerprint density at radius 1 is 1.53 bits per heavy atom. The van der Waals surface area contributed by atoms with Crippen molar-refractivity contribution in [3.05, 3.63) is 12.4 Å². The van der Waals surface area contributed by atoms with Crippen LogP contribution in [0.25, 0.3) is 0 Å². The zero-order chi connectivity index (χ0) is 11.3. The molecular weight excluding hydrogens is 194 g/mol. The van der Waals surface area contributed by atoms with E-state index in [4.69, 9.17) is 5.73 Å². The van der Waals surface area contributed by atoms with E-state index in [0.29, 0.717) is 18.2 Å². The van der Waals surface area contributed by atoms with Gasteiger partial charge in [0, 0.05) is 6.54 Å². The number of hydrogen-bond donors (Lipinski definition) is 3. The molecule has 15 heavy (non-hydrogen) atoms. The summed E-state index contributed by atoms with van der Waals surface area (Å²) in [6.45, 7) is 4.21. The highest BCUT2D eigenvalue weighted by atomic mass is 16.2. The van der Waals surface area contributed by atoms with E-state index in [1.807, 2.05) is 6.92 Å². The first kappa shape index (κ1) is 11.2. The topological polar surface area (TPSA) is 92.9 Å². The van der Waals surface area contributed by atoms with Gasteiger partial charge in [-0.25, -0.2) is 9.97 Å². The molecule has 0 bridgehead atoms. The number of carbonyl (C=O) groups is 1. The third-order valence-electron chi connectivity index (χ3n) is 1.76. The third kappa shape index (κ3) is 3.41. The minimum absolute atomic E-state index is 0.0853. The molecule has 1 aromatic heterocycles. The van der Waals surface area contributed by atoms with E-state index in [-0.39, 0.29) is 11.9 Å². The van der Waals surface area contributed by atoms with Crippen LogP contribution in [0.3, 0.4) is 0 Å². The molecule has 0 aliphatic carbocycles. The van der Waals surface area contributed by atoms with Gasteiger partial charge in [-0.3, -0.25) is 4.79 Å². The van der Waals surface area contributed by atoms with E-state index in [9.17, 15) is 4.79 Å². The molecule has 82 valence electrons. The maximum Gasteiger partial charge on any atom is 0.242 e. The fraction of sp³-hybridized carbons (Fsp3) is 0.444. The van der Waals surface area contributed by atoms with E-state index in [2.05, 4.69) is 20.6 Å². The molecule has 0 radical (unpaired) electrons. The Balaban J connectivity index is 2.54. The average molecular weight is 209 g/mol. The lowest BCUT2D eigenvalue weighted by molar-refractivity contribution is -0.121. The predicted molar refractivity (Wildman–Crippen MR) is 58.2 cm³/mol. The van der Waals surface area contributed by atoms with Gasteiger partial charge in [0.25, 0.3) is 0 Å². The predicted octanol–water partition coefficient (Wildman–Crippen LogP) is -0.00470. The van der Waals surface area contributed by atoms with Crippen LogP contribution in [-0.4, -0.2) is 28.5 Å². The van der Waals surface area contributed by atoms with E-state index in [0.717, 1.165) is 0 Å². The minimum Gasteiger partial charge on any atom is -0.396 e. The second kappa shape index (κ2) is 5.14. The van der Waals surface area contributed by atoms with Crippen LogP contribution in [0.15, 0.2) is 12.4 Å². The van der Waals surface area contributed by atoms with Crippen molar-refractivity contribution in [3.8, 4) is 0 Å². The number of likely N-dealkylation sites (N-methyl/N-ethyl adjacent to an activating group) is 1. The Morgan fingerprint density at radius 2 is 2.13 bits per heavy atom. The van der Waals surface area contributed by atoms with Crippen LogP contribution in [0.1, 0.15) is 13.8 Å². The standard InChI is InChI=1S/C9H15N5O/c1-3-11-8(15)6(2)14-9-12-4-7(10)5-13-9/h4-6H,3,10H2,1-2H3,(H,11,15)(H,12,13,14). The molecule has 0 spiro atoms. The number of nitrogens with one attached hydrogen (secondary N) is 2. The number of aromatic nitrogens is 2. The molecule has 4 N–H and O–H groups in total. The lowest BCUT2D eigenvalue weighted by Gasteiger charge is -2.12. The molecule has 1 rings (SSSR count). The number of nitrogens with two attached hydrogens (primary N) is 1. The summed E-state index contributed by atoms with van der Waals surface area (Å²) in [4.78, 5) is 19.2. The van der Waals surface area contributed by atoms with Crippen molar-refractivity contribution in [3.63, 3.8) is 0 Å². The Labute approximate surface area is 88.3 Å². The summed E-state index contributed by atoms with van der Waals surface area (Å²) in [7, 11) is 0. The van der Waals surface area contributed by atoms with Crippen LogP contribution in [0.2, 0.25) is 0 Å². The van der Waals surface area contributed by atoms with Crippen molar-refractivity contribution >= 4 is 17.5 Å². The van der Waals surface area contributed by atoms with Gasteiger partial charge in [-0.1, -0.05) is 0 Å². The number of carbonyl (C=O) groups excluding carboxylic acids is 1.